The van der Waals surface area contributed by atoms with Gasteiger partial charge in [0.2, 0.25) is 17.7 Å². The molecule has 0 fully saturated rings. The summed E-state index contributed by atoms with van der Waals surface area (Å²) in [4.78, 5) is 15.6. The van der Waals surface area contributed by atoms with E-state index in [-0.39, 0.29) is 5.91 Å². The number of unbranched alkanes of at least 4 members (excludes halogenated alkanes) is 2. The molecule has 112 valence electrons. The van der Waals surface area contributed by atoms with E-state index in [4.69, 9.17) is 4.42 Å². The summed E-state index contributed by atoms with van der Waals surface area (Å²) < 4.78 is 5.52. The number of rotatable bonds is 8. The lowest BCUT2D eigenvalue weighted by Gasteiger charge is -2.02. The molecule has 21 heavy (non-hydrogen) atoms. The van der Waals surface area contributed by atoms with Crippen LogP contribution in [-0.2, 0) is 11.2 Å². The third kappa shape index (κ3) is 4.98. The smallest absolute Gasteiger partial charge is 0.249 e. The van der Waals surface area contributed by atoms with E-state index >= 15 is 0 Å². The Morgan fingerprint density at radius 2 is 2.24 bits per heavy atom. The van der Waals surface area contributed by atoms with Crippen LogP contribution in [-0.4, -0.2) is 27.6 Å². The van der Waals surface area contributed by atoms with Crippen molar-refractivity contribution in [3.63, 3.8) is 0 Å². The first kappa shape index (κ1) is 15.2. The number of nitrogens with zero attached hydrogens (tertiary/aromatic N) is 3. The summed E-state index contributed by atoms with van der Waals surface area (Å²) in [5.41, 5.74) is 0.778. The van der Waals surface area contributed by atoms with Crippen LogP contribution in [0.2, 0.25) is 0 Å². The predicted octanol–water partition coefficient (Wildman–Crippen LogP) is 2.37. The van der Waals surface area contributed by atoms with Crippen LogP contribution in [0, 0.1) is 0 Å². The van der Waals surface area contributed by atoms with Crippen LogP contribution in [0.25, 0.3) is 11.5 Å². The molecular weight excluding hydrogens is 268 g/mol. The van der Waals surface area contributed by atoms with E-state index in [9.17, 15) is 4.79 Å². The molecule has 6 nitrogen and oxygen atoms in total. The van der Waals surface area contributed by atoms with Crippen molar-refractivity contribution < 1.29 is 9.21 Å². The highest BCUT2D eigenvalue weighted by Crippen LogP contribution is 2.16. The fourth-order valence-corrected chi connectivity index (χ4v) is 1.87. The number of carbonyl (C=O) groups excluding carboxylic acids is 1. The summed E-state index contributed by atoms with van der Waals surface area (Å²) in [6.45, 7) is 2.87. The third-order valence-corrected chi connectivity index (χ3v) is 3.04. The van der Waals surface area contributed by atoms with Crippen molar-refractivity contribution in [1.29, 1.82) is 0 Å². The first-order valence-electron chi connectivity index (χ1n) is 7.29. The summed E-state index contributed by atoms with van der Waals surface area (Å²) in [6, 6.07) is 3.66. The predicted molar refractivity (Wildman–Crippen MR) is 78.4 cm³/mol. The summed E-state index contributed by atoms with van der Waals surface area (Å²) >= 11 is 0. The summed E-state index contributed by atoms with van der Waals surface area (Å²) in [5.74, 6) is 0.922. The molecule has 2 aromatic rings. The number of hydrogen-bond acceptors (Lipinski definition) is 5. The zero-order valence-corrected chi connectivity index (χ0v) is 12.2. The Hall–Kier alpha value is -2.24. The van der Waals surface area contributed by atoms with E-state index in [1.165, 1.54) is 0 Å². The van der Waals surface area contributed by atoms with Crippen LogP contribution in [0.4, 0.5) is 0 Å². The van der Waals surface area contributed by atoms with Gasteiger partial charge in [0.25, 0.3) is 0 Å². The number of amides is 1. The molecule has 0 bridgehead atoms. The molecule has 0 saturated heterocycles. The Bertz CT molecular complexity index is 554. The normalized spacial score (nSPS) is 10.5. The first-order valence-corrected chi connectivity index (χ1v) is 7.29. The highest BCUT2D eigenvalue weighted by atomic mass is 16.4. The van der Waals surface area contributed by atoms with Crippen molar-refractivity contribution in [2.75, 3.05) is 6.54 Å². The van der Waals surface area contributed by atoms with E-state index in [0.717, 1.165) is 31.4 Å². The molecule has 0 aliphatic heterocycles. The van der Waals surface area contributed by atoms with E-state index in [2.05, 4.69) is 27.4 Å². The number of hydrogen-bond donors (Lipinski definition) is 1. The highest BCUT2D eigenvalue weighted by Gasteiger charge is 2.10. The lowest BCUT2D eigenvalue weighted by molar-refractivity contribution is -0.121. The van der Waals surface area contributed by atoms with Gasteiger partial charge in [0.05, 0.1) is 5.56 Å². The van der Waals surface area contributed by atoms with E-state index < -0.39 is 0 Å². The Morgan fingerprint density at radius 1 is 1.33 bits per heavy atom. The SMILES string of the molecule is CCCCCNC(=O)CCc1nnc(-c2cccnc2)o1. The van der Waals surface area contributed by atoms with Crippen molar-refractivity contribution in [3.8, 4) is 11.5 Å². The van der Waals surface area contributed by atoms with Crippen molar-refractivity contribution in [2.45, 2.75) is 39.0 Å². The second kappa shape index (κ2) is 8.14. The quantitative estimate of drug-likeness (QED) is 0.754. The van der Waals surface area contributed by atoms with Gasteiger partial charge in [0.15, 0.2) is 0 Å². The molecule has 0 aliphatic rings. The van der Waals surface area contributed by atoms with Crippen LogP contribution < -0.4 is 5.32 Å². The minimum absolute atomic E-state index is 0.0206. The van der Waals surface area contributed by atoms with E-state index in [1.54, 1.807) is 12.4 Å². The van der Waals surface area contributed by atoms with Gasteiger partial charge in [-0.3, -0.25) is 9.78 Å². The summed E-state index contributed by atoms with van der Waals surface area (Å²) in [6.07, 6.45) is 7.47. The summed E-state index contributed by atoms with van der Waals surface area (Å²) in [5, 5.41) is 10.8. The van der Waals surface area contributed by atoms with Gasteiger partial charge < -0.3 is 9.73 Å². The van der Waals surface area contributed by atoms with Crippen molar-refractivity contribution in [2.24, 2.45) is 0 Å². The maximum absolute atomic E-state index is 11.6. The fraction of sp³-hybridized carbons (Fsp3) is 0.467. The standard InChI is InChI=1S/C15H20N4O2/c1-2-3-4-10-17-13(20)7-8-14-18-19-15(21-14)12-6-5-9-16-11-12/h5-6,9,11H,2-4,7-8,10H2,1H3,(H,17,20). The van der Waals surface area contributed by atoms with Crippen LogP contribution in [0.1, 0.15) is 38.5 Å². The van der Waals surface area contributed by atoms with Gasteiger partial charge in [-0.15, -0.1) is 10.2 Å². The number of aryl methyl sites for hydroxylation is 1. The molecule has 2 aromatic heterocycles. The molecule has 0 saturated carbocycles. The van der Waals surface area contributed by atoms with Crippen molar-refractivity contribution in [1.82, 2.24) is 20.5 Å². The maximum atomic E-state index is 11.6. The molecule has 1 N–H and O–H groups in total. The van der Waals surface area contributed by atoms with Crippen LogP contribution >= 0.6 is 0 Å². The van der Waals surface area contributed by atoms with Crippen molar-refractivity contribution >= 4 is 5.91 Å². The largest absolute Gasteiger partial charge is 0.421 e. The van der Waals surface area contributed by atoms with Gasteiger partial charge in [-0.2, -0.15) is 0 Å². The van der Waals surface area contributed by atoms with Gasteiger partial charge >= 0.3 is 0 Å². The van der Waals surface area contributed by atoms with E-state index in [0.29, 0.717) is 24.6 Å². The average Bonchev–Trinajstić information content (AvgIpc) is 2.99. The third-order valence-electron chi connectivity index (χ3n) is 3.04. The first-order chi connectivity index (χ1) is 10.3. The van der Waals surface area contributed by atoms with Crippen molar-refractivity contribution in [3.05, 3.63) is 30.4 Å². The Balaban J connectivity index is 1.77. The van der Waals surface area contributed by atoms with Crippen LogP contribution in [0.3, 0.4) is 0 Å². The van der Waals surface area contributed by atoms with Crippen LogP contribution in [0.15, 0.2) is 28.9 Å². The zero-order valence-electron chi connectivity index (χ0n) is 12.2. The molecular formula is C15H20N4O2. The number of aromatic nitrogens is 3. The molecule has 2 heterocycles. The molecule has 0 unspecified atom stereocenters. The molecule has 0 aromatic carbocycles. The Labute approximate surface area is 124 Å². The van der Waals surface area contributed by atoms with Gasteiger partial charge in [-0.1, -0.05) is 19.8 Å². The number of carbonyl (C=O) groups is 1. The topological polar surface area (TPSA) is 80.9 Å². The van der Waals surface area contributed by atoms with Gasteiger partial charge in [0, 0.05) is 31.8 Å². The van der Waals surface area contributed by atoms with E-state index in [1.807, 2.05) is 12.1 Å². The average molecular weight is 288 g/mol. The molecule has 0 radical (unpaired) electrons. The molecule has 0 atom stereocenters. The van der Waals surface area contributed by atoms with Gasteiger partial charge in [0.1, 0.15) is 0 Å². The zero-order chi connectivity index (χ0) is 14.9. The maximum Gasteiger partial charge on any atom is 0.249 e. The lowest BCUT2D eigenvalue weighted by atomic mass is 10.2. The number of pyridine rings is 1. The molecule has 6 heteroatoms. The molecule has 1 amide bonds. The number of nitrogens with one attached hydrogen (secondary N) is 1. The highest BCUT2D eigenvalue weighted by molar-refractivity contribution is 5.75. The fourth-order valence-electron chi connectivity index (χ4n) is 1.87. The monoisotopic (exact) mass is 288 g/mol. The molecule has 0 aliphatic carbocycles. The minimum atomic E-state index is 0.0206. The second-order valence-electron chi connectivity index (χ2n) is 4.80. The Morgan fingerprint density at radius 3 is 3.00 bits per heavy atom. The minimum Gasteiger partial charge on any atom is -0.421 e. The van der Waals surface area contributed by atoms with Gasteiger partial charge in [-0.05, 0) is 18.6 Å². The molecule has 0 spiro atoms. The van der Waals surface area contributed by atoms with Gasteiger partial charge in [-0.25, -0.2) is 0 Å². The Kier molecular flexibility index (Phi) is 5.87. The van der Waals surface area contributed by atoms with Crippen LogP contribution in [0.5, 0.6) is 0 Å². The molecule has 2 rings (SSSR count). The second-order valence-corrected chi connectivity index (χ2v) is 4.80. The summed E-state index contributed by atoms with van der Waals surface area (Å²) in [7, 11) is 0. The lowest BCUT2D eigenvalue weighted by Crippen LogP contribution is -2.24.